The van der Waals surface area contributed by atoms with Crippen molar-refractivity contribution in [3.8, 4) is 6.07 Å². The van der Waals surface area contributed by atoms with Gasteiger partial charge in [-0.05, 0) is 19.1 Å². The van der Waals surface area contributed by atoms with Crippen molar-refractivity contribution in [1.82, 2.24) is 0 Å². The second-order valence-electron chi connectivity index (χ2n) is 2.63. The standard InChI is InChI=1S/C10H9N2O.Na/c1-8-2-4-9(5-3-8)12-10(13)6-7-11;/h2-6H,1H3,(H,12,13);/q-1;+1. The van der Waals surface area contributed by atoms with Gasteiger partial charge in [0, 0.05) is 5.69 Å². The zero-order chi connectivity index (χ0) is 9.68. The van der Waals surface area contributed by atoms with Crippen LogP contribution in [0.2, 0.25) is 0 Å². The van der Waals surface area contributed by atoms with Gasteiger partial charge < -0.3 is 10.1 Å². The largest absolute Gasteiger partial charge is 1.00 e. The van der Waals surface area contributed by atoms with Gasteiger partial charge in [0.05, 0.1) is 5.91 Å². The van der Waals surface area contributed by atoms with Gasteiger partial charge in [0.15, 0.2) is 0 Å². The van der Waals surface area contributed by atoms with Crippen LogP contribution >= 0.6 is 0 Å². The summed E-state index contributed by atoms with van der Waals surface area (Å²) in [7, 11) is 0. The number of carbonyl (C=O) groups excluding carboxylic acids is 1. The first-order chi connectivity index (χ1) is 6.22. The third kappa shape index (κ3) is 4.33. The SMILES string of the molecule is Cc1ccc(NC(=O)[CH-]C#N)cc1.[Na+]. The number of anilines is 1. The maximum atomic E-state index is 10.9. The van der Waals surface area contributed by atoms with Crippen molar-refractivity contribution in [3.63, 3.8) is 0 Å². The van der Waals surface area contributed by atoms with Crippen molar-refractivity contribution in [2.24, 2.45) is 0 Å². The number of nitrogens with one attached hydrogen (secondary N) is 1. The summed E-state index contributed by atoms with van der Waals surface area (Å²) in [6, 6.07) is 9.02. The third-order valence-electron chi connectivity index (χ3n) is 1.51. The zero-order valence-corrected chi connectivity index (χ0v) is 10.2. The number of benzene rings is 1. The quantitative estimate of drug-likeness (QED) is 0.470. The van der Waals surface area contributed by atoms with Gasteiger partial charge >= 0.3 is 29.6 Å². The maximum absolute atomic E-state index is 10.9. The number of carbonyl (C=O) groups is 1. The number of nitriles is 1. The summed E-state index contributed by atoms with van der Waals surface area (Å²) in [4.78, 5) is 10.9. The van der Waals surface area contributed by atoms with E-state index in [1.807, 2.05) is 19.1 Å². The van der Waals surface area contributed by atoms with Crippen molar-refractivity contribution in [2.45, 2.75) is 6.92 Å². The molecule has 0 aromatic heterocycles. The summed E-state index contributed by atoms with van der Waals surface area (Å²) < 4.78 is 0. The van der Waals surface area contributed by atoms with E-state index in [4.69, 9.17) is 5.26 Å². The van der Waals surface area contributed by atoms with Gasteiger partial charge in [-0.3, -0.25) is 0 Å². The van der Waals surface area contributed by atoms with E-state index in [9.17, 15) is 4.79 Å². The van der Waals surface area contributed by atoms with Gasteiger partial charge in [0.1, 0.15) is 0 Å². The Bertz CT molecular complexity index is 340. The van der Waals surface area contributed by atoms with Gasteiger partial charge in [0.25, 0.3) is 0 Å². The Morgan fingerprint density at radius 2 is 2.00 bits per heavy atom. The summed E-state index contributed by atoms with van der Waals surface area (Å²) >= 11 is 0. The minimum absolute atomic E-state index is 0. The number of hydrogen-bond donors (Lipinski definition) is 1. The summed E-state index contributed by atoms with van der Waals surface area (Å²) in [5, 5.41) is 10.7. The summed E-state index contributed by atoms with van der Waals surface area (Å²) in [6.07, 6.45) is 0.930. The molecule has 4 heteroatoms. The number of nitrogens with zero attached hydrogens (tertiary/aromatic N) is 1. The van der Waals surface area contributed by atoms with Crippen LogP contribution in [0.3, 0.4) is 0 Å². The molecule has 1 N–H and O–H groups in total. The van der Waals surface area contributed by atoms with Gasteiger partial charge in [0.2, 0.25) is 0 Å². The molecule has 14 heavy (non-hydrogen) atoms. The van der Waals surface area contributed by atoms with Crippen LogP contribution < -0.4 is 34.9 Å². The average molecular weight is 196 g/mol. The number of aryl methyl sites for hydroxylation is 1. The van der Waals surface area contributed by atoms with Crippen molar-refractivity contribution in [1.29, 1.82) is 5.26 Å². The van der Waals surface area contributed by atoms with Crippen LogP contribution in [0, 0.1) is 24.7 Å². The molecule has 1 aromatic carbocycles. The van der Waals surface area contributed by atoms with E-state index in [-0.39, 0.29) is 29.6 Å². The molecule has 1 rings (SSSR count). The van der Waals surface area contributed by atoms with E-state index in [0.29, 0.717) is 5.69 Å². The number of rotatable bonds is 2. The van der Waals surface area contributed by atoms with E-state index >= 15 is 0 Å². The average Bonchev–Trinajstić information content (AvgIpc) is 2.09. The van der Waals surface area contributed by atoms with E-state index in [1.165, 1.54) is 0 Å². The van der Waals surface area contributed by atoms with E-state index < -0.39 is 5.91 Å². The van der Waals surface area contributed by atoms with Crippen LogP contribution in [0.15, 0.2) is 24.3 Å². The van der Waals surface area contributed by atoms with Crippen molar-refractivity contribution in [2.75, 3.05) is 5.32 Å². The molecule has 1 amide bonds. The Kier molecular flexibility index (Phi) is 6.06. The maximum Gasteiger partial charge on any atom is 1.00 e. The fourth-order valence-corrected chi connectivity index (χ4v) is 0.874. The first kappa shape index (κ1) is 13.1. The molecule has 1 aromatic rings. The molecule has 0 unspecified atom stereocenters. The fraction of sp³-hybridized carbons (Fsp3) is 0.100. The molecule has 0 spiro atoms. The Balaban J connectivity index is 0.00000169. The molecule has 0 aliphatic rings. The van der Waals surface area contributed by atoms with E-state index in [0.717, 1.165) is 12.0 Å². The van der Waals surface area contributed by atoms with E-state index in [1.54, 1.807) is 18.2 Å². The number of amides is 1. The van der Waals surface area contributed by atoms with Crippen LogP contribution in [0.1, 0.15) is 5.56 Å². The smallest absolute Gasteiger partial charge is 0.351 e. The first-order valence-electron chi connectivity index (χ1n) is 3.83. The molecule has 0 saturated carbocycles. The van der Waals surface area contributed by atoms with Crippen molar-refractivity contribution < 1.29 is 34.4 Å². The second-order valence-corrected chi connectivity index (χ2v) is 2.63. The Hall–Kier alpha value is -0.950. The molecule has 3 nitrogen and oxygen atoms in total. The Labute approximate surface area is 105 Å². The first-order valence-corrected chi connectivity index (χ1v) is 3.83. The minimum Gasteiger partial charge on any atom is -0.351 e. The van der Waals surface area contributed by atoms with Crippen LogP contribution in [0.25, 0.3) is 0 Å². The van der Waals surface area contributed by atoms with Gasteiger partial charge in [-0.15, -0.1) is 0 Å². The molecule has 0 saturated heterocycles. The molecular formula is C10H9N2NaO. The molecular weight excluding hydrogens is 187 g/mol. The molecule has 0 atom stereocenters. The molecule has 0 aliphatic carbocycles. The summed E-state index contributed by atoms with van der Waals surface area (Å²) in [6.45, 7) is 1.97. The Morgan fingerprint density at radius 3 is 2.50 bits per heavy atom. The van der Waals surface area contributed by atoms with Crippen LogP contribution in [-0.4, -0.2) is 5.91 Å². The predicted octanol–water partition coefficient (Wildman–Crippen LogP) is -1.33. The monoisotopic (exact) mass is 196 g/mol. The van der Waals surface area contributed by atoms with Crippen LogP contribution in [0.5, 0.6) is 0 Å². The summed E-state index contributed by atoms with van der Waals surface area (Å²) in [5.74, 6) is -0.397. The van der Waals surface area contributed by atoms with Crippen LogP contribution in [0.4, 0.5) is 5.69 Å². The predicted molar refractivity (Wildman–Crippen MR) is 49.7 cm³/mol. The Morgan fingerprint density at radius 1 is 1.43 bits per heavy atom. The van der Waals surface area contributed by atoms with Gasteiger partial charge in [-0.2, -0.15) is 0 Å². The van der Waals surface area contributed by atoms with Crippen LogP contribution in [-0.2, 0) is 4.79 Å². The molecule has 0 radical (unpaired) electrons. The molecule has 0 bridgehead atoms. The summed E-state index contributed by atoms with van der Waals surface area (Å²) in [5.41, 5.74) is 1.82. The fourth-order valence-electron chi connectivity index (χ4n) is 0.874. The number of hydrogen-bond acceptors (Lipinski definition) is 2. The van der Waals surface area contributed by atoms with E-state index in [2.05, 4.69) is 5.32 Å². The van der Waals surface area contributed by atoms with Crippen molar-refractivity contribution >= 4 is 11.6 Å². The minimum atomic E-state index is -0.397. The van der Waals surface area contributed by atoms with Gasteiger partial charge in [-0.25, -0.2) is 11.7 Å². The topological polar surface area (TPSA) is 52.9 Å². The molecule has 0 fully saturated rings. The van der Waals surface area contributed by atoms with Crippen molar-refractivity contribution in [3.05, 3.63) is 36.2 Å². The zero-order valence-electron chi connectivity index (χ0n) is 8.24. The molecule has 66 valence electrons. The second kappa shape index (κ2) is 6.50. The normalized spacial score (nSPS) is 8.00. The van der Waals surface area contributed by atoms with Gasteiger partial charge in [-0.1, -0.05) is 23.8 Å². The molecule has 0 heterocycles. The molecule has 0 aliphatic heterocycles. The third-order valence-corrected chi connectivity index (χ3v) is 1.51.